The van der Waals surface area contributed by atoms with Gasteiger partial charge in [-0.25, -0.2) is 8.42 Å². The zero-order valence-corrected chi connectivity index (χ0v) is 18.2. The molecule has 1 aliphatic rings. The van der Waals surface area contributed by atoms with Gasteiger partial charge in [0.2, 0.25) is 0 Å². The standard InChI is InChI=1S/C20H21N3O3S3/c1-2-11-23-16-8-3-4-9-17(16)28-20(23)21-19(24)15-7-5-12-22(14-15)29(25,26)18-10-6-13-27-18/h2-4,6,8-10,13,15H,1,5,7,11-12,14H2. The maximum Gasteiger partial charge on any atom is 0.252 e. The molecule has 1 fully saturated rings. The number of para-hydroxylation sites is 1. The molecule has 1 unspecified atom stereocenters. The highest BCUT2D eigenvalue weighted by atomic mass is 32.2. The summed E-state index contributed by atoms with van der Waals surface area (Å²) in [4.78, 5) is 18.0. The van der Waals surface area contributed by atoms with Crippen molar-refractivity contribution in [2.24, 2.45) is 10.9 Å². The molecule has 0 aliphatic carbocycles. The Balaban J connectivity index is 1.63. The number of thiophene rings is 1. The normalized spacial score (nSPS) is 18.9. The Labute approximate surface area is 177 Å². The van der Waals surface area contributed by atoms with Gasteiger partial charge in [0, 0.05) is 19.6 Å². The number of nitrogens with zero attached hydrogens (tertiary/aromatic N) is 3. The van der Waals surface area contributed by atoms with E-state index in [4.69, 9.17) is 0 Å². The lowest BCUT2D eigenvalue weighted by molar-refractivity contribution is -0.122. The van der Waals surface area contributed by atoms with E-state index in [1.54, 1.807) is 23.6 Å². The van der Waals surface area contributed by atoms with Crippen molar-refractivity contribution in [3.63, 3.8) is 0 Å². The monoisotopic (exact) mass is 447 g/mol. The number of allylic oxidation sites excluding steroid dienone is 1. The molecule has 0 N–H and O–H groups in total. The molecule has 0 bridgehead atoms. The van der Waals surface area contributed by atoms with E-state index in [-0.39, 0.29) is 12.5 Å². The average molecular weight is 448 g/mol. The van der Waals surface area contributed by atoms with Crippen LogP contribution in [0, 0.1) is 5.92 Å². The Kier molecular flexibility index (Phi) is 5.82. The van der Waals surface area contributed by atoms with E-state index >= 15 is 0 Å². The number of piperidine rings is 1. The van der Waals surface area contributed by atoms with Crippen LogP contribution in [0.3, 0.4) is 0 Å². The summed E-state index contributed by atoms with van der Waals surface area (Å²) in [7, 11) is -3.55. The number of carbonyl (C=O) groups is 1. The summed E-state index contributed by atoms with van der Waals surface area (Å²) in [6.07, 6.45) is 3.07. The molecule has 29 heavy (non-hydrogen) atoms. The van der Waals surface area contributed by atoms with E-state index in [9.17, 15) is 13.2 Å². The number of sulfonamides is 1. The van der Waals surface area contributed by atoms with E-state index in [0.717, 1.165) is 10.2 Å². The van der Waals surface area contributed by atoms with Crippen LogP contribution in [0.2, 0.25) is 0 Å². The highest BCUT2D eigenvalue weighted by Crippen LogP contribution is 2.27. The molecule has 0 radical (unpaired) electrons. The topological polar surface area (TPSA) is 71.7 Å². The molecular formula is C20H21N3O3S3. The second kappa shape index (κ2) is 8.35. The van der Waals surface area contributed by atoms with Crippen molar-refractivity contribution in [1.82, 2.24) is 8.87 Å². The lowest BCUT2D eigenvalue weighted by atomic mass is 9.99. The molecule has 1 amide bonds. The van der Waals surface area contributed by atoms with Gasteiger partial charge in [-0.05, 0) is 36.4 Å². The van der Waals surface area contributed by atoms with Crippen molar-refractivity contribution >= 4 is 48.8 Å². The summed E-state index contributed by atoms with van der Waals surface area (Å²) >= 11 is 2.65. The summed E-state index contributed by atoms with van der Waals surface area (Å²) in [5.74, 6) is -0.693. The number of fused-ring (bicyclic) bond motifs is 1. The number of amides is 1. The van der Waals surface area contributed by atoms with Gasteiger partial charge in [-0.3, -0.25) is 4.79 Å². The first-order valence-corrected chi connectivity index (χ1v) is 12.5. The van der Waals surface area contributed by atoms with Gasteiger partial charge in [0.1, 0.15) is 4.21 Å². The third-order valence-electron chi connectivity index (χ3n) is 4.93. The smallest absolute Gasteiger partial charge is 0.252 e. The number of rotatable bonds is 5. The Bertz CT molecular complexity index is 1210. The van der Waals surface area contributed by atoms with Crippen LogP contribution in [0.25, 0.3) is 10.2 Å². The maximum atomic E-state index is 12.9. The zero-order chi connectivity index (χ0) is 20.4. The molecule has 1 aromatic carbocycles. The number of carbonyl (C=O) groups excluding carboxylic acids is 1. The molecule has 1 saturated heterocycles. The first-order chi connectivity index (χ1) is 14.0. The lowest BCUT2D eigenvalue weighted by Gasteiger charge is -2.29. The van der Waals surface area contributed by atoms with Crippen LogP contribution in [0.4, 0.5) is 0 Å². The van der Waals surface area contributed by atoms with E-state index in [2.05, 4.69) is 11.6 Å². The molecule has 3 heterocycles. The fourth-order valence-electron chi connectivity index (χ4n) is 3.50. The summed E-state index contributed by atoms with van der Waals surface area (Å²) in [6, 6.07) is 11.2. The lowest BCUT2D eigenvalue weighted by Crippen LogP contribution is -2.42. The molecule has 3 aromatic rings. The molecule has 9 heteroatoms. The fourth-order valence-corrected chi connectivity index (χ4v) is 7.21. The number of benzene rings is 1. The summed E-state index contributed by atoms with van der Waals surface area (Å²) in [5, 5.41) is 1.74. The minimum Gasteiger partial charge on any atom is -0.313 e. The third kappa shape index (κ3) is 4.00. The summed E-state index contributed by atoms with van der Waals surface area (Å²) in [6.45, 7) is 4.96. The van der Waals surface area contributed by atoms with Gasteiger partial charge in [-0.1, -0.05) is 35.6 Å². The van der Waals surface area contributed by atoms with Crippen molar-refractivity contribution in [2.45, 2.75) is 23.6 Å². The minimum atomic E-state index is -3.55. The second-order valence-electron chi connectivity index (χ2n) is 6.84. The van der Waals surface area contributed by atoms with E-state index < -0.39 is 15.9 Å². The van der Waals surface area contributed by atoms with Gasteiger partial charge in [0.25, 0.3) is 15.9 Å². The Morgan fingerprint density at radius 2 is 2.10 bits per heavy atom. The van der Waals surface area contributed by atoms with Crippen molar-refractivity contribution in [1.29, 1.82) is 0 Å². The van der Waals surface area contributed by atoms with Crippen molar-refractivity contribution in [2.75, 3.05) is 13.1 Å². The molecule has 0 saturated carbocycles. The summed E-state index contributed by atoms with van der Waals surface area (Å²) in [5.41, 5.74) is 1.01. The highest BCUT2D eigenvalue weighted by Gasteiger charge is 2.33. The van der Waals surface area contributed by atoms with Gasteiger partial charge in [0.15, 0.2) is 4.80 Å². The first kappa shape index (κ1) is 20.2. The van der Waals surface area contributed by atoms with E-state index in [1.165, 1.54) is 27.0 Å². The Morgan fingerprint density at radius 1 is 1.28 bits per heavy atom. The zero-order valence-electron chi connectivity index (χ0n) is 15.7. The van der Waals surface area contributed by atoms with Crippen molar-refractivity contribution in [3.05, 3.63) is 59.2 Å². The van der Waals surface area contributed by atoms with Gasteiger partial charge >= 0.3 is 0 Å². The Morgan fingerprint density at radius 3 is 2.86 bits per heavy atom. The van der Waals surface area contributed by atoms with Gasteiger partial charge in [-0.15, -0.1) is 17.9 Å². The Hall–Kier alpha value is -2.07. The molecule has 0 spiro atoms. The average Bonchev–Trinajstić information content (AvgIpc) is 3.38. The van der Waals surface area contributed by atoms with Crippen LogP contribution < -0.4 is 4.80 Å². The van der Waals surface area contributed by atoms with E-state index in [0.29, 0.717) is 34.9 Å². The molecule has 4 rings (SSSR count). The van der Waals surface area contributed by atoms with Crippen molar-refractivity contribution in [3.8, 4) is 0 Å². The minimum absolute atomic E-state index is 0.176. The quantitative estimate of drug-likeness (QED) is 0.562. The molecule has 152 valence electrons. The van der Waals surface area contributed by atoms with Crippen LogP contribution in [0.15, 0.2) is 63.6 Å². The van der Waals surface area contributed by atoms with Gasteiger partial charge < -0.3 is 4.57 Å². The number of aromatic nitrogens is 1. The molecule has 6 nitrogen and oxygen atoms in total. The molecule has 1 aliphatic heterocycles. The maximum absolute atomic E-state index is 12.9. The summed E-state index contributed by atoms with van der Waals surface area (Å²) < 4.78 is 30.4. The third-order valence-corrected chi connectivity index (χ3v) is 9.23. The molecule has 1 atom stereocenters. The van der Waals surface area contributed by atoms with Gasteiger partial charge in [-0.2, -0.15) is 9.30 Å². The van der Waals surface area contributed by atoms with Crippen molar-refractivity contribution < 1.29 is 13.2 Å². The highest BCUT2D eigenvalue weighted by molar-refractivity contribution is 7.91. The SMILES string of the molecule is C=CCn1c(=NC(=O)C2CCCN(S(=O)(=O)c3cccs3)C2)sc2ccccc21. The molecular weight excluding hydrogens is 426 g/mol. The largest absolute Gasteiger partial charge is 0.313 e. The van der Waals surface area contributed by atoms with Crippen LogP contribution in [0.5, 0.6) is 0 Å². The number of thiazole rings is 1. The second-order valence-corrected chi connectivity index (χ2v) is 11.0. The predicted octanol–water partition coefficient (Wildman–Crippen LogP) is 3.48. The van der Waals surface area contributed by atoms with Crippen LogP contribution in [-0.4, -0.2) is 36.3 Å². The number of hydrogen-bond acceptors (Lipinski definition) is 5. The van der Waals surface area contributed by atoms with E-state index in [1.807, 2.05) is 28.8 Å². The van der Waals surface area contributed by atoms with Crippen LogP contribution >= 0.6 is 22.7 Å². The van der Waals surface area contributed by atoms with Gasteiger partial charge in [0.05, 0.1) is 16.1 Å². The predicted molar refractivity (Wildman–Crippen MR) is 116 cm³/mol. The number of hydrogen-bond donors (Lipinski definition) is 0. The fraction of sp³-hybridized carbons (Fsp3) is 0.300. The molecule has 2 aromatic heterocycles. The first-order valence-electron chi connectivity index (χ1n) is 9.32. The van der Waals surface area contributed by atoms with Crippen LogP contribution in [-0.2, 0) is 21.4 Å². The van der Waals surface area contributed by atoms with Crippen LogP contribution in [0.1, 0.15) is 12.8 Å².